The molecule has 0 radical (unpaired) electrons. The van der Waals surface area contributed by atoms with Crippen LogP contribution in [0.3, 0.4) is 0 Å². The number of methoxy groups -OCH3 is 1. The van der Waals surface area contributed by atoms with E-state index in [1.165, 1.54) is 4.68 Å². The lowest BCUT2D eigenvalue weighted by molar-refractivity contribution is 0.0983. The molecule has 0 aliphatic rings. The van der Waals surface area contributed by atoms with Crippen LogP contribution in [-0.4, -0.2) is 32.9 Å². The number of nitrogens with zero attached hydrogens (tertiary/aromatic N) is 4. The van der Waals surface area contributed by atoms with Crippen LogP contribution in [0.1, 0.15) is 16.1 Å². The van der Waals surface area contributed by atoms with Crippen molar-refractivity contribution in [2.24, 2.45) is 7.05 Å². The number of carbonyl (C=O) groups is 1. The van der Waals surface area contributed by atoms with Gasteiger partial charge in [-0.05, 0) is 21.5 Å². The fraction of sp³-hybridized carbons (Fsp3) is 0.273. The third-order valence-electron chi connectivity index (χ3n) is 2.42. The van der Waals surface area contributed by atoms with Gasteiger partial charge < -0.3 is 4.74 Å². The van der Waals surface area contributed by atoms with E-state index in [9.17, 15) is 4.79 Å². The Balaban J connectivity index is 2.16. The largest absolute Gasteiger partial charge is 0.481 e. The van der Waals surface area contributed by atoms with E-state index in [-0.39, 0.29) is 12.2 Å². The second kappa shape index (κ2) is 5.26. The summed E-state index contributed by atoms with van der Waals surface area (Å²) in [7, 11) is 3.23. The lowest BCUT2D eigenvalue weighted by Gasteiger charge is -2.03. The zero-order valence-corrected chi connectivity index (χ0v) is 11.5. The summed E-state index contributed by atoms with van der Waals surface area (Å²) in [5.74, 6) is 0.455. The van der Waals surface area contributed by atoms with Gasteiger partial charge in [-0.15, -0.1) is 5.10 Å². The number of Topliss-reactive ketones (excluding diaryl/α,β-unsaturated/α-hetero) is 1. The molecule has 0 fully saturated rings. The maximum atomic E-state index is 12.1. The Morgan fingerprint density at radius 3 is 2.78 bits per heavy atom. The lowest BCUT2D eigenvalue weighted by Crippen LogP contribution is -2.10. The molecule has 0 aliphatic heterocycles. The first-order valence-electron chi connectivity index (χ1n) is 5.19. The zero-order chi connectivity index (χ0) is 13.1. The Kier molecular flexibility index (Phi) is 3.71. The Morgan fingerprint density at radius 2 is 2.28 bits per heavy atom. The second-order valence-electron chi connectivity index (χ2n) is 3.66. The first-order valence-corrected chi connectivity index (χ1v) is 5.98. The summed E-state index contributed by atoms with van der Waals surface area (Å²) in [6.07, 6.45) is 1.87. The summed E-state index contributed by atoms with van der Waals surface area (Å²) in [6, 6.07) is 3.53. The monoisotopic (exact) mass is 310 g/mol. The van der Waals surface area contributed by atoms with Crippen molar-refractivity contribution < 1.29 is 9.53 Å². The highest BCUT2D eigenvalue weighted by atomic mass is 79.9. The number of carbonyl (C=O) groups excluding carboxylic acids is 1. The van der Waals surface area contributed by atoms with Gasteiger partial charge in [0.25, 0.3) is 0 Å². The van der Waals surface area contributed by atoms with Crippen LogP contribution in [0, 0.1) is 0 Å². The summed E-state index contributed by atoms with van der Waals surface area (Å²) in [5.41, 5.74) is 1.26. The second-order valence-corrected chi connectivity index (χ2v) is 4.41. The van der Waals surface area contributed by atoms with Crippen LogP contribution < -0.4 is 4.74 Å². The van der Waals surface area contributed by atoms with E-state index in [1.807, 2.05) is 0 Å². The molecule has 18 heavy (non-hydrogen) atoms. The van der Waals surface area contributed by atoms with Crippen molar-refractivity contribution in [2.75, 3.05) is 7.11 Å². The molecule has 2 heterocycles. The molecule has 0 aliphatic carbocycles. The molecule has 2 aromatic heterocycles. The van der Waals surface area contributed by atoms with Crippen LogP contribution in [-0.2, 0) is 13.5 Å². The van der Waals surface area contributed by atoms with Gasteiger partial charge in [-0.2, -0.15) is 0 Å². The Bertz CT molecular complexity index is 545. The van der Waals surface area contributed by atoms with Crippen LogP contribution >= 0.6 is 15.9 Å². The molecule has 0 atom stereocenters. The van der Waals surface area contributed by atoms with Crippen LogP contribution in [0.5, 0.6) is 5.88 Å². The van der Waals surface area contributed by atoms with Gasteiger partial charge in [0.15, 0.2) is 10.4 Å². The molecule has 0 aromatic carbocycles. The number of rotatable bonds is 4. The molecule has 2 aromatic rings. The fourth-order valence-corrected chi connectivity index (χ4v) is 2.08. The maximum Gasteiger partial charge on any atom is 0.212 e. The zero-order valence-electron chi connectivity index (χ0n) is 9.92. The minimum absolute atomic E-state index is 0.0682. The highest BCUT2D eigenvalue weighted by Crippen LogP contribution is 2.15. The van der Waals surface area contributed by atoms with Gasteiger partial charge in [-0.1, -0.05) is 11.3 Å². The third-order valence-corrected chi connectivity index (χ3v) is 2.96. The molecule has 94 valence electrons. The van der Waals surface area contributed by atoms with Crippen molar-refractivity contribution in [3.8, 4) is 5.88 Å². The van der Waals surface area contributed by atoms with E-state index in [0.29, 0.717) is 16.2 Å². The topological polar surface area (TPSA) is 69.9 Å². The van der Waals surface area contributed by atoms with Crippen molar-refractivity contribution in [2.45, 2.75) is 6.42 Å². The summed E-state index contributed by atoms with van der Waals surface area (Å²) in [4.78, 5) is 16.1. The smallest absolute Gasteiger partial charge is 0.212 e. The van der Waals surface area contributed by atoms with Crippen molar-refractivity contribution in [1.82, 2.24) is 20.0 Å². The molecule has 0 bridgehead atoms. The quantitative estimate of drug-likeness (QED) is 0.799. The molecular formula is C11H11BrN4O2. The van der Waals surface area contributed by atoms with Gasteiger partial charge >= 0.3 is 0 Å². The van der Waals surface area contributed by atoms with Gasteiger partial charge in [0.2, 0.25) is 5.88 Å². The molecule has 2 rings (SSSR count). The number of aromatic nitrogens is 4. The third kappa shape index (κ3) is 2.56. The van der Waals surface area contributed by atoms with Crippen molar-refractivity contribution in [1.29, 1.82) is 0 Å². The van der Waals surface area contributed by atoms with Crippen molar-refractivity contribution >= 4 is 21.7 Å². The average Bonchev–Trinajstić information content (AvgIpc) is 2.70. The first-order chi connectivity index (χ1) is 8.61. The van der Waals surface area contributed by atoms with Crippen LogP contribution in [0.25, 0.3) is 0 Å². The molecule has 0 N–H and O–H groups in total. The molecule has 0 saturated heterocycles. The number of halogens is 1. The van der Waals surface area contributed by atoms with Gasteiger partial charge in [0, 0.05) is 25.7 Å². The number of pyridine rings is 1. The minimum Gasteiger partial charge on any atom is -0.481 e. The van der Waals surface area contributed by atoms with Crippen molar-refractivity contribution in [3.63, 3.8) is 0 Å². The SMILES string of the molecule is COc1ccc(CC(=O)c2c(Br)nnn2C)cn1. The minimum atomic E-state index is -0.0682. The van der Waals surface area contributed by atoms with Gasteiger partial charge in [-0.3, -0.25) is 4.79 Å². The van der Waals surface area contributed by atoms with Crippen LogP contribution in [0.4, 0.5) is 0 Å². The number of hydrogen-bond donors (Lipinski definition) is 0. The van der Waals surface area contributed by atoms with E-state index in [2.05, 4.69) is 31.2 Å². The highest BCUT2D eigenvalue weighted by Gasteiger charge is 2.17. The summed E-state index contributed by atoms with van der Waals surface area (Å²) < 4.78 is 6.86. The number of hydrogen-bond acceptors (Lipinski definition) is 5. The van der Waals surface area contributed by atoms with E-state index in [1.54, 1.807) is 32.5 Å². The Hall–Kier alpha value is -1.76. The fourth-order valence-electron chi connectivity index (χ4n) is 1.53. The summed E-state index contributed by atoms with van der Waals surface area (Å²) >= 11 is 3.20. The molecule has 0 amide bonds. The van der Waals surface area contributed by atoms with Gasteiger partial charge in [0.05, 0.1) is 7.11 Å². The van der Waals surface area contributed by atoms with Gasteiger partial charge in [-0.25, -0.2) is 9.67 Å². The average molecular weight is 311 g/mol. The van der Waals surface area contributed by atoms with E-state index in [0.717, 1.165) is 5.56 Å². The van der Waals surface area contributed by atoms with E-state index >= 15 is 0 Å². The van der Waals surface area contributed by atoms with Gasteiger partial charge in [0.1, 0.15) is 5.69 Å². The molecule has 0 unspecified atom stereocenters. The van der Waals surface area contributed by atoms with Crippen LogP contribution in [0.2, 0.25) is 0 Å². The number of ketones is 1. The predicted octanol–water partition coefficient (Wildman–Crippen LogP) is 1.41. The first kappa shape index (κ1) is 12.7. The molecule has 6 nitrogen and oxygen atoms in total. The molecule has 7 heteroatoms. The summed E-state index contributed by atoms with van der Waals surface area (Å²) in [6.45, 7) is 0. The lowest BCUT2D eigenvalue weighted by atomic mass is 10.1. The standard InChI is InChI=1S/C11H11BrN4O2/c1-16-10(11(12)14-15-16)8(17)5-7-3-4-9(18-2)13-6-7/h3-4,6H,5H2,1-2H3. The molecular weight excluding hydrogens is 300 g/mol. The number of aryl methyl sites for hydroxylation is 1. The van der Waals surface area contributed by atoms with E-state index < -0.39 is 0 Å². The predicted molar refractivity (Wildman–Crippen MR) is 67.5 cm³/mol. The maximum absolute atomic E-state index is 12.1. The summed E-state index contributed by atoms with van der Waals surface area (Å²) in [5, 5.41) is 7.55. The Morgan fingerprint density at radius 1 is 1.50 bits per heavy atom. The molecule has 0 spiro atoms. The highest BCUT2D eigenvalue weighted by molar-refractivity contribution is 9.10. The van der Waals surface area contributed by atoms with Crippen molar-refractivity contribution in [3.05, 3.63) is 34.2 Å². The Labute approximate surface area is 112 Å². The molecule has 0 saturated carbocycles. The van der Waals surface area contributed by atoms with Crippen LogP contribution in [0.15, 0.2) is 22.9 Å². The van der Waals surface area contributed by atoms with E-state index in [4.69, 9.17) is 4.74 Å². The number of ether oxygens (including phenoxy) is 1. The normalized spacial score (nSPS) is 10.4.